The van der Waals surface area contributed by atoms with E-state index in [1.165, 1.54) is 0 Å². The number of nitrogens with two attached hydrogens (primary N) is 1. The second-order valence-corrected chi connectivity index (χ2v) is 3.75. The fourth-order valence-electron chi connectivity index (χ4n) is 1.55. The Morgan fingerprint density at radius 2 is 2.41 bits per heavy atom. The van der Waals surface area contributed by atoms with E-state index in [0.717, 1.165) is 12.8 Å². The minimum absolute atomic E-state index is 0.111. The number of carbonyl (C=O) groups is 1. The molecule has 5 nitrogen and oxygen atoms in total. The highest BCUT2D eigenvalue weighted by atomic mass is 16.1. The molecule has 0 spiro atoms. The SMILES string of the molecule is CCCCN(CC(N)=O)c1cnccc1C#N. The maximum atomic E-state index is 11.0. The second-order valence-electron chi connectivity index (χ2n) is 3.75. The van der Waals surface area contributed by atoms with E-state index in [1.54, 1.807) is 23.4 Å². The van der Waals surface area contributed by atoms with E-state index >= 15 is 0 Å². The average molecular weight is 232 g/mol. The van der Waals surface area contributed by atoms with Crippen LogP contribution in [0.4, 0.5) is 5.69 Å². The van der Waals surface area contributed by atoms with Gasteiger partial charge in [0, 0.05) is 12.7 Å². The molecule has 0 fully saturated rings. The van der Waals surface area contributed by atoms with E-state index in [4.69, 9.17) is 11.0 Å². The monoisotopic (exact) mass is 232 g/mol. The summed E-state index contributed by atoms with van der Waals surface area (Å²) in [5.74, 6) is -0.408. The van der Waals surface area contributed by atoms with Crippen molar-refractivity contribution in [2.45, 2.75) is 19.8 Å². The molecule has 0 saturated carbocycles. The Morgan fingerprint density at radius 3 is 3.00 bits per heavy atom. The molecule has 90 valence electrons. The molecular formula is C12H16N4O. The molecule has 0 radical (unpaired) electrons. The van der Waals surface area contributed by atoms with Gasteiger partial charge in [-0.3, -0.25) is 9.78 Å². The maximum absolute atomic E-state index is 11.0. The number of unbranched alkanes of at least 4 members (excludes halogenated alkanes) is 1. The minimum atomic E-state index is -0.408. The van der Waals surface area contributed by atoms with Gasteiger partial charge in [0.2, 0.25) is 5.91 Å². The fraction of sp³-hybridized carbons (Fsp3) is 0.417. The molecule has 1 aromatic heterocycles. The molecule has 5 heteroatoms. The molecule has 0 saturated heterocycles. The number of rotatable bonds is 6. The molecule has 0 unspecified atom stereocenters. The van der Waals surface area contributed by atoms with Crippen molar-refractivity contribution < 1.29 is 4.79 Å². The largest absolute Gasteiger partial charge is 0.368 e. The number of nitrogens with zero attached hydrogens (tertiary/aromatic N) is 3. The van der Waals surface area contributed by atoms with Gasteiger partial charge in [0.1, 0.15) is 6.07 Å². The molecule has 1 rings (SSSR count). The Hall–Kier alpha value is -2.09. The predicted octanol–water partition coefficient (Wildman–Crippen LogP) is 1.05. The van der Waals surface area contributed by atoms with Crippen molar-refractivity contribution in [2.24, 2.45) is 5.73 Å². The van der Waals surface area contributed by atoms with Crippen molar-refractivity contribution in [2.75, 3.05) is 18.0 Å². The summed E-state index contributed by atoms with van der Waals surface area (Å²) in [6.45, 7) is 2.87. The van der Waals surface area contributed by atoms with Crippen molar-refractivity contribution >= 4 is 11.6 Å². The van der Waals surface area contributed by atoms with Gasteiger partial charge in [-0.25, -0.2) is 0 Å². The molecule has 2 N–H and O–H groups in total. The van der Waals surface area contributed by atoms with Crippen LogP contribution < -0.4 is 10.6 Å². The summed E-state index contributed by atoms with van der Waals surface area (Å²) in [4.78, 5) is 16.8. The topological polar surface area (TPSA) is 83.0 Å². The van der Waals surface area contributed by atoms with E-state index in [-0.39, 0.29) is 6.54 Å². The molecule has 0 aromatic carbocycles. The van der Waals surface area contributed by atoms with Gasteiger partial charge >= 0.3 is 0 Å². The summed E-state index contributed by atoms with van der Waals surface area (Å²) in [5.41, 5.74) is 6.39. The second kappa shape index (κ2) is 6.48. The summed E-state index contributed by atoms with van der Waals surface area (Å²) in [6.07, 6.45) is 5.10. The Kier molecular flexibility index (Phi) is 4.95. The van der Waals surface area contributed by atoms with Crippen LogP contribution in [0.1, 0.15) is 25.3 Å². The first kappa shape index (κ1) is 13.0. The number of primary amides is 1. The van der Waals surface area contributed by atoms with Crippen LogP contribution in [-0.2, 0) is 4.79 Å². The number of hydrogen-bond donors (Lipinski definition) is 1. The van der Waals surface area contributed by atoms with E-state index in [2.05, 4.69) is 18.0 Å². The maximum Gasteiger partial charge on any atom is 0.236 e. The summed E-state index contributed by atoms with van der Waals surface area (Å²) in [6, 6.07) is 3.73. The Labute approximate surface area is 101 Å². The van der Waals surface area contributed by atoms with Crippen LogP contribution in [0.5, 0.6) is 0 Å². The predicted molar refractivity (Wildman–Crippen MR) is 65.3 cm³/mol. The Morgan fingerprint density at radius 1 is 1.65 bits per heavy atom. The van der Waals surface area contributed by atoms with Crippen LogP contribution in [0.15, 0.2) is 18.5 Å². The first-order valence-electron chi connectivity index (χ1n) is 5.56. The highest BCUT2D eigenvalue weighted by Gasteiger charge is 2.12. The first-order valence-corrected chi connectivity index (χ1v) is 5.56. The third-order valence-corrected chi connectivity index (χ3v) is 2.39. The average Bonchev–Trinajstić information content (AvgIpc) is 2.34. The Balaban J connectivity index is 2.95. The molecule has 1 aromatic rings. The highest BCUT2D eigenvalue weighted by Crippen LogP contribution is 2.18. The minimum Gasteiger partial charge on any atom is -0.368 e. The number of pyridine rings is 1. The van der Waals surface area contributed by atoms with Crippen molar-refractivity contribution in [3.8, 4) is 6.07 Å². The lowest BCUT2D eigenvalue weighted by Crippen LogP contribution is -2.35. The molecular weight excluding hydrogens is 216 g/mol. The van der Waals surface area contributed by atoms with Gasteiger partial charge in [0.25, 0.3) is 0 Å². The number of anilines is 1. The lowest BCUT2D eigenvalue weighted by Gasteiger charge is -2.23. The van der Waals surface area contributed by atoms with Gasteiger partial charge in [-0.05, 0) is 12.5 Å². The number of amides is 1. The van der Waals surface area contributed by atoms with Crippen LogP contribution in [0.25, 0.3) is 0 Å². The summed E-state index contributed by atoms with van der Waals surface area (Å²) in [7, 11) is 0. The van der Waals surface area contributed by atoms with Gasteiger partial charge < -0.3 is 10.6 Å². The van der Waals surface area contributed by atoms with Crippen LogP contribution in [0.2, 0.25) is 0 Å². The molecule has 1 heterocycles. The standard InChI is InChI=1S/C12H16N4O/c1-2-3-6-16(9-12(14)17)11-8-15-5-4-10(11)7-13/h4-5,8H,2-3,6,9H2,1H3,(H2,14,17). The summed E-state index contributed by atoms with van der Waals surface area (Å²) >= 11 is 0. The van der Waals surface area contributed by atoms with Gasteiger partial charge in [-0.1, -0.05) is 13.3 Å². The molecule has 0 atom stereocenters. The normalized spacial score (nSPS) is 9.65. The molecule has 1 amide bonds. The number of hydrogen-bond acceptors (Lipinski definition) is 4. The number of nitriles is 1. The first-order chi connectivity index (χ1) is 8.19. The van der Waals surface area contributed by atoms with Crippen molar-refractivity contribution in [3.05, 3.63) is 24.0 Å². The highest BCUT2D eigenvalue weighted by molar-refractivity contribution is 5.80. The van der Waals surface area contributed by atoms with Crippen molar-refractivity contribution in [3.63, 3.8) is 0 Å². The van der Waals surface area contributed by atoms with E-state index in [1.807, 2.05) is 0 Å². The van der Waals surface area contributed by atoms with Gasteiger partial charge in [-0.2, -0.15) is 5.26 Å². The van der Waals surface area contributed by atoms with Crippen molar-refractivity contribution in [1.29, 1.82) is 5.26 Å². The zero-order chi connectivity index (χ0) is 12.7. The van der Waals surface area contributed by atoms with Gasteiger partial charge in [0.05, 0.1) is 24.0 Å². The molecule has 0 aliphatic heterocycles. The quantitative estimate of drug-likeness (QED) is 0.794. The fourth-order valence-corrected chi connectivity index (χ4v) is 1.55. The van der Waals surface area contributed by atoms with Crippen LogP contribution in [-0.4, -0.2) is 24.0 Å². The molecule has 17 heavy (non-hydrogen) atoms. The van der Waals surface area contributed by atoms with Gasteiger partial charge in [0.15, 0.2) is 0 Å². The van der Waals surface area contributed by atoms with Crippen LogP contribution in [0.3, 0.4) is 0 Å². The summed E-state index contributed by atoms with van der Waals surface area (Å²) in [5, 5.41) is 9.01. The van der Waals surface area contributed by atoms with Crippen LogP contribution >= 0.6 is 0 Å². The van der Waals surface area contributed by atoms with E-state index < -0.39 is 5.91 Å². The van der Waals surface area contributed by atoms with Crippen LogP contribution in [0, 0.1) is 11.3 Å². The third kappa shape index (κ3) is 3.76. The molecule has 0 aliphatic carbocycles. The Bertz CT molecular complexity index is 425. The van der Waals surface area contributed by atoms with Crippen molar-refractivity contribution in [1.82, 2.24) is 4.98 Å². The zero-order valence-electron chi connectivity index (χ0n) is 9.89. The molecule has 0 aliphatic rings. The smallest absolute Gasteiger partial charge is 0.236 e. The molecule has 0 bridgehead atoms. The lowest BCUT2D eigenvalue weighted by molar-refractivity contribution is -0.116. The van der Waals surface area contributed by atoms with E-state index in [9.17, 15) is 4.79 Å². The number of carbonyl (C=O) groups excluding carboxylic acids is 1. The lowest BCUT2D eigenvalue weighted by atomic mass is 10.2. The van der Waals surface area contributed by atoms with E-state index in [0.29, 0.717) is 17.8 Å². The van der Waals surface area contributed by atoms with Gasteiger partial charge in [-0.15, -0.1) is 0 Å². The zero-order valence-corrected chi connectivity index (χ0v) is 9.89. The third-order valence-electron chi connectivity index (χ3n) is 2.39. The summed E-state index contributed by atoms with van der Waals surface area (Å²) < 4.78 is 0. The number of aromatic nitrogens is 1.